The number of hydrogen-bond acceptors (Lipinski definition) is 6. The Morgan fingerprint density at radius 1 is 1.16 bits per heavy atom. The standard InChI is InChI=1S/C25H30O5S2/c26-19(10-9-18-7-3-6-17-5-1-2-8-20(17)18)11-12-21-22(27)15-23(28)25(21)32-14-4-13-31-16-24(29)30/h1-3,5-8,11-12,19,21-22,25-27H,4,9-10,13-16H2,(H,29,30)/t19-,21-,22+,25+/m0/s1. The van der Waals surface area contributed by atoms with Crippen molar-refractivity contribution >= 4 is 46.0 Å². The lowest BCUT2D eigenvalue weighted by Crippen LogP contribution is -2.22. The number of aliphatic carboxylic acids is 1. The highest BCUT2D eigenvalue weighted by molar-refractivity contribution is 8.01. The van der Waals surface area contributed by atoms with Gasteiger partial charge in [-0.05, 0) is 47.1 Å². The molecule has 4 atom stereocenters. The van der Waals surface area contributed by atoms with Gasteiger partial charge >= 0.3 is 5.97 Å². The van der Waals surface area contributed by atoms with Gasteiger partial charge in [0.2, 0.25) is 0 Å². The topological polar surface area (TPSA) is 94.8 Å². The molecule has 0 radical (unpaired) electrons. The molecular formula is C25H30O5S2. The quantitative estimate of drug-likeness (QED) is 0.317. The molecule has 5 nitrogen and oxygen atoms in total. The van der Waals surface area contributed by atoms with Gasteiger partial charge in [0.1, 0.15) is 5.78 Å². The van der Waals surface area contributed by atoms with Crippen molar-refractivity contribution < 1.29 is 24.9 Å². The second kappa shape index (κ2) is 12.4. The number of thioether (sulfide) groups is 2. The van der Waals surface area contributed by atoms with Gasteiger partial charge in [-0.1, -0.05) is 54.6 Å². The van der Waals surface area contributed by atoms with Crippen LogP contribution in [0.4, 0.5) is 0 Å². The van der Waals surface area contributed by atoms with Crippen LogP contribution in [0.1, 0.15) is 24.8 Å². The number of aliphatic hydroxyl groups is 2. The van der Waals surface area contributed by atoms with E-state index in [1.165, 1.54) is 39.9 Å². The Balaban J connectivity index is 1.50. The van der Waals surface area contributed by atoms with E-state index in [0.717, 1.165) is 24.3 Å². The van der Waals surface area contributed by atoms with Gasteiger partial charge < -0.3 is 15.3 Å². The van der Waals surface area contributed by atoms with Gasteiger partial charge in [-0.15, -0.1) is 11.8 Å². The van der Waals surface area contributed by atoms with Crippen molar-refractivity contribution in [3.05, 3.63) is 60.2 Å². The molecule has 1 fully saturated rings. The van der Waals surface area contributed by atoms with E-state index in [2.05, 4.69) is 24.3 Å². The Kier molecular flexibility index (Phi) is 9.66. The molecule has 0 bridgehead atoms. The van der Waals surface area contributed by atoms with Crippen molar-refractivity contribution in [3.63, 3.8) is 0 Å². The highest BCUT2D eigenvalue weighted by atomic mass is 32.2. The molecule has 0 heterocycles. The number of ketones is 1. The van der Waals surface area contributed by atoms with E-state index >= 15 is 0 Å². The minimum absolute atomic E-state index is 0.0422. The predicted octanol–water partition coefficient (Wildman–Crippen LogP) is 3.95. The first-order chi connectivity index (χ1) is 15.5. The molecule has 2 aromatic carbocycles. The van der Waals surface area contributed by atoms with Crippen LogP contribution in [0.2, 0.25) is 0 Å². The maximum absolute atomic E-state index is 12.3. The van der Waals surface area contributed by atoms with E-state index in [4.69, 9.17) is 5.11 Å². The zero-order chi connectivity index (χ0) is 22.9. The van der Waals surface area contributed by atoms with Gasteiger partial charge in [-0.2, -0.15) is 11.8 Å². The summed E-state index contributed by atoms with van der Waals surface area (Å²) in [4.78, 5) is 22.9. The number of hydrogen-bond donors (Lipinski definition) is 3. The molecule has 7 heteroatoms. The van der Waals surface area contributed by atoms with Crippen molar-refractivity contribution in [3.8, 4) is 0 Å². The van der Waals surface area contributed by atoms with Crippen molar-refractivity contribution in [1.29, 1.82) is 0 Å². The number of carboxylic acids is 1. The molecule has 0 aromatic heterocycles. The molecule has 0 spiro atoms. The predicted molar refractivity (Wildman–Crippen MR) is 132 cm³/mol. The number of rotatable bonds is 12. The summed E-state index contributed by atoms with van der Waals surface area (Å²) >= 11 is 2.89. The van der Waals surface area contributed by atoms with Gasteiger partial charge in [-0.3, -0.25) is 9.59 Å². The molecule has 1 saturated carbocycles. The Morgan fingerprint density at radius 2 is 1.94 bits per heavy atom. The summed E-state index contributed by atoms with van der Waals surface area (Å²) in [6, 6.07) is 14.4. The Labute approximate surface area is 197 Å². The van der Waals surface area contributed by atoms with E-state index in [9.17, 15) is 19.8 Å². The molecule has 3 N–H and O–H groups in total. The van der Waals surface area contributed by atoms with E-state index in [-0.39, 0.29) is 29.1 Å². The summed E-state index contributed by atoms with van der Waals surface area (Å²) in [7, 11) is 0. The third-order valence-electron chi connectivity index (χ3n) is 5.62. The number of carboxylic acid groups (broad SMARTS) is 1. The fourth-order valence-corrected chi connectivity index (χ4v) is 6.20. The molecule has 0 unspecified atom stereocenters. The lowest BCUT2D eigenvalue weighted by molar-refractivity contribution is -0.133. The van der Waals surface area contributed by atoms with Gasteiger partial charge in [0.15, 0.2) is 0 Å². The zero-order valence-corrected chi connectivity index (χ0v) is 19.6. The van der Waals surface area contributed by atoms with E-state index in [1.807, 2.05) is 18.2 Å². The summed E-state index contributed by atoms with van der Waals surface area (Å²) in [5.74, 6) is 0.487. The van der Waals surface area contributed by atoms with Crippen LogP contribution in [0.15, 0.2) is 54.6 Å². The van der Waals surface area contributed by atoms with Crippen LogP contribution in [0.5, 0.6) is 0 Å². The first kappa shape index (κ1) is 24.8. The summed E-state index contributed by atoms with van der Waals surface area (Å²) in [5, 5.41) is 31.6. The van der Waals surface area contributed by atoms with Crippen molar-refractivity contribution in [2.45, 2.75) is 43.1 Å². The Hall–Kier alpha value is -1.80. The smallest absolute Gasteiger partial charge is 0.313 e. The van der Waals surface area contributed by atoms with Crippen LogP contribution >= 0.6 is 23.5 Å². The van der Waals surface area contributed by atoms with Crippen LogP contribution in [0.25, 0.3) is 10.8 Å². The van der Waals surface area contributed by atoms with Gasteiger partial charge in [0, 0.05) is 12.3 Å². The number of Topliss-reactive ketones (excluding diaryl/α,β-unsaturated/α-hetero) is 1. The van der Waals surface area contributed by atoms with Crippen LogP contribution in [-0.4, -0.2) is 61.8 Å². The highest BCUT2D eigenvalue weighted by Gasteiger charge is 2.40. The number of aliphatic hydroxyl groups excluding tert-OH is 2. The third kappa shape index (κ3) is 7.10. The Bertz CT molecular complexity index is 940. The van der Waals surface area contributed by atoms with Gasteiger partial charge in [0.05, 0.1) is 23.2 Å². The molecule has 3 rings (SSSR count). The molecule has 172 valence electrons. The van der Waals surface area contributed by atoms with E-state index < -0.39 is 18.2 Å². The molecule has 0 aliphatic heterocycles. The third-order valence-corrected chi connectivity index (χ3v) is 8.11. The monoisotopic (exact) mass is 474 g/mol. The molecule has 0 amide bonds. The number of benzene rings is 2. The fourth-order valence-electron chi connectivity index (χ4n) is 4.01. The Morgan fingerprint density at radius 3 is 2.75 bits per heavy atom. The van der Waals surface area contributed by atoms with Crippen LogP contribution in [0.3, 0.4) is 0 Å². The van der Waals surface area contributed by atoms with Crippen molar-refractivity contribution in [1.82, 2.24) is 0 Å². The fraction of sp³-hybridized carbons (Fsp3) is 0.440. The average molecular weight is 475 g/mol. The molecule has 1 aliphatic carbocycles. The second-order valence-corrected chi connectivity index (χ2v) is 10.4. The van der Waals surface area contributed by atoms with Crippen molar-refractivity contribution in [2.24, 2.45) is 5.92 Å². The minimum atomic E-state index is -0.819. The number of carbonyl (C=O) groups is 2. The van der Waals surface area contributed by atoms with Gasteiger partial charge in [-0.25, -0.2) is 0 Å². The first-order valence-electron chi connectivity index (χ1n) is 10.9. The minimum Gasteiger partial charge on any atom is -0.481 e. The molecule has 2 aromatic rings. The normalized spacial score (nSPS) is 22.1. The van der Waals surface area contributed by atoms with Crippen LogP contribution in [0, 0.1) is 5.92 Å². The number of carbonyl (C=O) groups excluding carboxylic acids is 1. The lowest BCUT2D eigenvalue weighted by atomic mass is 9.98. The molecule has 32 heavy (non-hydrogen) atoms. The zero-order valence-electron chi connectivity index (χ0n) is 17.9. The van der Waals surface area contributed by atoms with Crippen LogP contribution < -0.4 is 0 Å². The average Bonchev–Trinajstić information content (AvgIpc) is 3.05. The summed E-state index contributed by atoms with van der Waals surface area (Å²) < 4.78 is 0. The van der Waals surface area contributed by atoms with Gasteiger partial charge in [0.25, 0.3) is 0 Å². The lowest BCUT2D eigenvalue weighted by Gasteiger charge is -2.17. The van der Waals surface area contributed by atoms with E-state index in [0.29, 0.717) is 6.42 Å². The maximum Gasteiger partial charge on any atom is 0.313 e. The first-order valence-corrected chi connectivity index (χ1v) is 13.1. The number of aryl methyl sites for hydroxylation is 1. The maximum atomic E-state index is 12.3. The summed E-state index contributed by atoms with van der Waals surface area (Å²) in [6.07, 6.45) is 4.43. The van der Waals surface area contributed by atoms with Crippen LogP contribution in [-0.2, 0) is 16.0 Å². The largest absolute Gasteiger partial charge is 0.481 e. The molecule has 0 saturated heterocycles. The highest BCUT2D eigenvalue weighted by Crippen LogP contribution is 2.34. The summed E-state index contributed by atoms with van der Waals surface area (Å²) in [5.41, 5.74) is 1.20. The summed E-state index contributed by atoms with van der Waals surface area (Å²) in [6.45, 7) is 0. The molecule has 1 aliphatic rings. The number of fused-ring (bicyclic) bond motifs is 1. The van der Waals surface area contributed by atoms with Crippen molar-refractivity contribution in [2.75, 3.05) is 17.3 Å². The second-order valence-electron chi connectivity index (χ2n) is 8.04. The van der Waals surface area contributed by atoms with E-state index in [1.54, 1.807) is 12.2 Å². The molecular weight excluding hydrogens is 444 g/mol. The SMILES string of the molecule is O=C(O)CSCCCS[C@H]1C(=O)C[C@@H](O)[C@@H]1C=C[C@@H](O)CCc1cccc2ccccc12.